The second-order valence-corrected chi connectivity index (χ2v) is 8.87. The maximum absolute atomic E-state index is 13.0. The molecule has 4 bridgehead atoms. The summed E-state index contributed by atoms with van der Waals surface area (Å²) in [6.45, 7) is 10.5. The van der Waals surface area contributed by atoms with Gasteiger partial charge in [0.1, 0.15) is 5.60 Å². The highest BCUT2D eigenvalue weighted by Crippen LogP contribution is 2.59. The van der Waals surface area contributed by atoms with Gasteiger partial charge in [-0.25, -0.2) is 0 Å². The van der Waals surface area contributed by atoms with Gasteiger partial charge in [-0.15, -0.1) is 0 Å². The predicted octanol–water partition coefficient (Wildman–Crippen LogP) is 5.13. The molecule has 0 heterocycles. The molecule has 4 fully saturated rings. The number of hydrogen-bond donors (Lipinski definition) is 0. The zero-order valence-electron chi connectivity index (χ0n) is 14.9. The van der Waals surface area contributed by atoms with E-state index in [0.717, 1.165) is 18.3 Å². The minimum atomic E-state index is -0.476. The lowest BCUT2D eigenvalue weighted by Crippen LogP contribution is -2.58. The number of carbonyl (C=O) groups is 1. The van der Waals surface area contributed by atoms with Gasteiger partial charge in [-0.2, -0.15) is 0 Å². The van der Waals surface area contributed by atoms with Crippen molar-refractivity contribution in [3.8, 4) is 0 Å². The van der Waals surface area contributed by atoms with Crippen molar-refractivity contribution in [3.63, 3.8) is 0 Å². The topological polar surface area (TPSA) is 26.3 Å². The first-order chi connectivity index (χ1) is 10.3. The number of carbonyl (C=O) groups excluding carboxylic acids is 1. The van der Waals surface area contributed by atoms with Crippen LogP contribution in [0.5, 0.6) is 0 Å². The molecule has 0 radical (unpaired) electrons. The highest BCUT2D eigenvalue weighted by molar-refractivity contribution is 5.79. The minimum Gasteiger partial charge on any atom is -0.458 e. The van der Waals surface area contributed by atoms with Crippen LogP contribution in [-0.2, 0) is 9.53 Å². The first-order valence-corrected chi connectivity index (χ1v) is 9.16. The van der Waals surface area contributed by atoms with E-state index in [1.165, 1.54) is 37.7 Å². The lowest BCUT2D eigenvalue weighted by molar-refractivity contribution is -0.210. The van der Waals surface area contributed by atoms with Gasteiger partial charge in [0.25, 0.3) is 0 Å². The van der Waals surface area contributed by atoms with Crippen molar-refractivity contribution in [2.45, 2.75) is 78.7 Å². The van der Waals surface area contributed by atoms with Gasteiger partial charge in [0.15, 0.2) is 0 Å². The summed E-state index contributed by atoms with van der Waals surface area (Å²) >= 11 is 0. The van der Waals surface area contributed by atoms with E-state index >= 15 is 0 Å². The smallest absolute Gasteiger partial charge is 0.316 e. The Morgan fingerprint density at radius 2 is 1.64 bits per heavy atom. The number of ether oxygens (including phenoxy) is 1. The predicted molar refractivity (Wildman–Crippen MR) is 89.4 cm³/mol. The third kappa shape index (κ3) is 2.53. The fraction of sp³-hybridized carbons (Fsp3) is 0.850. The van der Waals surface area contributed by atoms with Crippen LogP contribution in [0.15, 0.2) is 11.6 Å². The molecule has 4 saturated carbocycles. The highest BCUT2D eigenvalue weighted by Gasteiger charge is 2.57. The van der Waals surface area contributed by atoms with Crippen molar-refractivity contribution in [2.75, 3.05) is 0 Å². The fourth-order valence-corrected chi connectivity index (χ4v) is 5.55. The number of rotatable bonds is 4. The summed E-state index contributed by atoms with van der Waals surface area (Å²) in [5, 5.41) is 0. The Kier molecular flexibility index (Phi) is 3.94. The van der Waals surface area contributed by atoms with Gasteiger partial charge >= 0.3 is 5.97 Å². The van der Waals surface area contributed by atoms with E-state index in [4.69, 9.17) is 4.74 Å². The quantitative estimate of drug-likeness (QED) is 0.532. The highest BCUT2D eigenvalue weighted by atomic mass is 16.6. The molecule has 0 amide bonds. The fourth-order valence-electron chi connectivity index (χ4n) is 5.55. The molecular weight excluding hydrogens is 272 g/mol. The molecule has 0 N–H and O–H groups in total. The van der Waals surface area contributed by atoms with E-state index < -0.39 is 5.41 Å². The summed E-state index contributed by atoms with van der Waals surface area (Å²) < 4.78 is 6.29. The van der Waals surface area contributed by atoms with Crippen LogP contribution in [0.2, 0.25) is 0 Å². The van der Waals surface area contributed by atoms with E-state index in [1.54, 1.807) is 0 Å². The third-order valence-corrected chi connectivity index (χ3v) is 6.88. The summed E-state index contributed by atoms with van der Waals surface area (Å²) in [4.78, 5) is 13.0. The Hall–Kier alpha value is -0.790. The minimum absolute atomic E-state index is 0.00817. The van der Waals surface area contributed by atoms with Crippen LogP contribution < -0.4 is 0 Å². The molecule has 4 rings (SSSR count). The van der Waals surface area contributed by atoms with Crippen molar-refractivity contribution >= 4 is 5.97 Å². The molecule has 2 heteroatoms. The van der Waals surface area contributed by atoms with Crippen molar-refractivity contribution in [1.82, 2.24) is 0 Å². The summed E-state index contributed by atoms with van der Waals surface area (Å²) in [6, 6.07) is 0. The molecule has 0 aromatic heterocycles. The molecule has 4 aliphatic carbocycles. The Bertz CT molecular complexity index is 458. The van der Waals surface area contributed by atoms with E-state index in [1.807, 2.05) is 6.92 Å². The van der Waals surface area contributed by atoms with E-state index in [0.29, 0.717) is 11.8 Å². The lowest BCUT2D eigenvalue weighted by atomic mass is 9.50. The van der Waals surface area contributed by atoms with Crippen LogP contribution >= 0.6 is 0 Å². The molecule has 4 aliphatic rings. The van der Waals surface area contributed by atoms with Crippen LogP contribution in [0.25, 0.3) is 0 Å². The van der Waals surface area contributed by atoms with Gasteiger partial charge < -0.3 is 4.74 Å². The van der Waals surface area contributed by atoms with E-state index in [2.05, 4.69) is 33.8 Å². The first kappa shape index (κ1) is 16.1. The van der Waals surface area contributed by atoms with Crippen LogP contribution in [-0.4, -0.2) is 11.6 Å². The molecule has 0 aliphatic heterocycles. The Labute approximate surface area is 135 Å². The Morgan fingerprint density at radius 3 is 2.05 bits per heavy atom. The SMILES string of the molecule is CCC(C)(C=C(C)C)C(=O)OC1(C)C2CC3CC(C2)CC1C3. The molecule has 1 unspecified atom stereocenters. The molecule has 1 atom stereocenters. The van der Waals surface area contributed by atoms with Gasteiger partial charge in [0.2, 0.25) is 0 Å². The van der Waals surface area contributed by atoms with E-state index in [9.17, 15) is 4.79 Å². The third-order valence-electron chi connectivity index (χ3n) is 6.88. The first-order valence-electron chi connectivity index (χ1n) is 9.16. The standard InChI is InChI=1S/C20H32O2/c1-6-19(4,12-13(2)3)18(21)22-20(5)16-8-14-7-15(10-16)11-17(20)9-14/h12,14-17H,6-11H2,1-5H3. The lowest BCUT2D eigenvalue weighted by Gasteiger charge is -2.59. The zero-order valence-corrected chi connectivity index (χ0v) is 14.9. The van der Waals surface area contributed by atoms with E-state index in [-0.39, 0.29) is 11.6 Å². The molecule has 0 aromatic rings. The van der Waals surface area contributed by atoms with Gasteiger partial charge in [-0.3, -0.25) is 4.79 Å². The van der Waals surface area contributed by atoms with Gasteiger partial charge in [0.05, 0.1) is 5.41 Å². The Morgan fingerprint density at radius 1 is 1.14 bits per heavy atom. The zero-order chi connectivity index (χ0) is 16.1. The number of allylic oxidation sites excluding steroid dienone is 1. The van der Waals surface area contributed by atoms with Crippen LogP contribution in [0, 0.1) is 29.1 Å². The Balaban J connectivity index is 1.80. The van der Waals surface area contributed by atoms with Crippen molar-refractivity contribution < 1.29 is 9.53 Å². The maximum Gasteiger partial charge on any atom is 0.316 e. The van der Waals surface area contributed by atoms with Crippen LogP contribution in [0.4, 0.5) is 0 Å². The van der Waals surface area contributed by atoms with Crippen molar-refractivity contribution in [2.24, 2.45) is 29.1 Å². The van der Waals surface area contributed by atoms with Gasteiger partial charge in [-0.1, -0.05) is 18.6 Å². The monoisotopic (exact) mass is 304 g/mol. The van der Waals surface area contributed by atoms with Crippen LogP contribution in [0.1, 0.15) is 73.1 Å². The largest absolute Gasteiger partial charge is 0.458 e. The summed E-state index contributed by atoms with van der Waals surface area (Å²) in [5.41, 5.74) is 0.504. The molecule has 2 nitrogen and oxygen atoms in total. The number of esters is 1. The average molecular weight is 304 g/mol. The van der Waals surface area contributed by atoms with Gasteiger partial charge in [0, 0.05) is 0 Å². The summed E-state index contributed by atoms with van der Waals surface area (Å²) in [5.74, 6) is 3.00. The number of hydrogen-bond acceptors (Lipinski definition) is 2. The maximum atomic E-state index is 13.0. The van der Waals surface area contributed by atoms with Crippen molar-refractivity contribution in [3.05, 3.63) is 11.6 Å². The molecule has 124 valence electrons. The summed E-state index contributed by atoms with van der Waals surface area (Å²) in [7, 11) is 0. The van der Waals surface area contributed by atoms with Crippen LogP contribution in [0.3, 0.4) is 0 Å². The average Bonchev–Trinajstić information content (AvgIpc) is 2.43. The second kappa shape index (κ2) is 5.39. The summed E-state index contributed by atoms with van der Waals surface area (Å²) in [6.07, 6.45) is 9.44. The molecule has 0 saturated heterocycles. The molecular formula is C20H32O2. The molecule has 0 aromatic carbocycles. The van der Waals surface area contributed by atoms with Crippen molar-refractivity contribution in [1.29, 1.82) is 0 Å². The molecule has 0 spiro atoms. The molecule has 22 heavy (non-hydrogen) atoms. The second-order valence-electron chi connectivity index (χ2n) is 8.87. The van der Waals surface area contributed by atoms with Gasteiger partial charge in [-0.05, 0) is 89.9 Å². The normalized spacial score (nSPS) is 41.9.